The van der Waals surface area contributed by atoms with Gasteiger partial charge in [0.15, 0.2) is 11.5 Å². The molecule has 1 aromatic carbocycles. The van der Waals surface area contributed by atoms with E-state index in [1.807, 2.05) is 42.7 Å². The van der Waals surface area contributed by atoms with Crippen molar-refractivity contribution >= 4 is 11.8 Å². The number of hydrogen-bond acceptors (Lipinski definition) is 4. The molecule has 0 atom stereocenters. The van der Waals surface area contributed by atoms with Crippen LogP contribution in [-0.2, 0) is 16.0 Å². The molecular formula is C19H28N2O4. The van der Waals surface area contributed by atoms with Gasteiger partial charge in [-0.3, -0.25) is 9.59 Å². The Morgan fingerprint density at radius 3 is 2.04 bits per heavy atom. The lowest BCUT2D eigenvalue weighted by atomic mass is 9.94. The van der Waals surface area contributed by atoms with Crippen LogP contribution < -0.4 is 9.47 Å². The number of ether oxygens (including phenoxy) is 2. The van der Waals surface area contributed by atoms with Gasteiger partial charge in [-0.1, -0.05) is 26.8 Å². The molecule has 6 nitrogen and oxygen atoms in total. The zero-order valence-electron chi connectivity index (χ0n) is 15.8. The summed E-state index contributed by atoms with van der Waals surface area (Å²) in [6.45, 7) is 8.10. The second-order valence-corrected chi connectivity index (χ2v) is 7.29. The second kappa shape index (κ2) is 7.76. The molecule has 0 radical (unpaired) electrons. The molecule has 138 valence electrons. The van der Waals surface area contributed by atoms with Crippen LogP contribution in [0.25, 0.3) is 0 Å². The molecule has 0 bridgehead atoms. The molecule has 0 unspecified atom stereocenters. The van der Waals surface area contributed by atoms with Crippen molar-refractivity contribution < 1.29 is 19.1 Å². The third-order valence-corrected chi connectivity index (χ3v) is 4.36. The van der Waals surface area contributed by atoms with E-state index in [2.05, 4.69) is 0 Å². The van der Waals surface area contributed by atoms with Crippen LogP contribution in [0.2, 0.25) is 0 Å². The fourth-order valence-corrected chi connectivity index (χ4v) is 2.91. The zero-order valence-corrected chi connectivity index (χ0v) is 15.8. The average molecular weight is 348 g/mol. The first-order valence-electron chi connectivity index (χ1n) is 8.54. The van der Waals surface area contributed by atoms with E-state index in [1.54, 1.807) is 20.3 Å². The highest BCUT2D eigenvalue weighted by atomic mass is 16.5. The summed E-state index contributed by atoms with van der Waals surface area (Å²) in [6, 6.07) is 5.51. The van der Waals surface area contributed by atoms with E-state index in [1.165, 1.54) is 0 Å². The van der Waals surface area contributed by atoms with Gasteiger partial charge in [-0.25, -0.2) is 0 Å². The Hall–Kier alpha value is -2.24. The predicted molar refractivity (Wildman–Crippen MR) is 95.9 cm³/mol. The van der Waals surface area contributed by atoms with Gasteiger partial charge in [0.1, 0.15) is 0 Å². The van der Waals surface area contributed by atoms with Crippen LogP contribution in [0.3, 0.4) is 0 Å². The van der Waals surface area contributed by atoms with Gasteiger partial charge in [0.05, 0.1) is 20.6 Å². The summed E-state index contributed by atoms with van der Waals surface area (Å²) in [5, 5.41) is 0. The third kappa shape index (κ3) is 4.65. The van der Waals surface area contributed by atoms with Crippen molar-refractivity contribution in [3.05, 3.63) is 23.8 Å². The topological polar surface area (TPSA) is 59.1 Å². The molecule has 2 amide bonds. The lowest BCUT2D eigenvalue weighted by molar-refractivity contribution is -0.144. The molecule has 1 fully saturated rings. The van der Waals surface area contributed by atoms with Crippen LogP contribution >= 0.6 is 0 Å². The summed E-state index contributed by atoms with van der Waals surface area (Å²) in [5.74, 6) is 1.47. The van der Waals surface area contributed by atoms with Crippen LogP contribution in [0, 0.1) is 5.41 Å². The highest BCUT2D eigenvalue weighted by molar-refractivity contribution is 5.82. The van der Waals surface area contributed by atoms with Gasteiger partial charge in [-0.05, 0) is 17.7 Å². The molecule has 1 saturated heterocycles. The summed E-state index contributed by atoms with van der Waals surface area (Å²) in [5.41, 5.74) is 0.502. The molecule has 0 spiro atoms. The summed E-state index contributed by atoms with van der Waals surface area (Å²) in [6.07, 6.45) is 0.313. The normalized spacial score (nSPS) is 15.1. The van der Waals surface area contributed by atoms with Crippen LogP contribution in [0.15, 0.2) is 18.2 Å². The number of benzene rings is 1. The molecule has 0 aromatic heterocycles. The lowest BCUT2D eigenvalue weighted by Gasteiger charge is -2.37. The van der Waals surface area contributed by atoms with Crippen molar-refractivity contribution in [1.29, 1.82) is 0 Å². The number of amides is 2. The van der Waals surface area contributed by atoms with E-state index in [0.717, 1.165) is 5.56 Å². The van der Waals surface area contributed by atoms with Gasteiger partial charge >= 0.3 is 0 Å². The number of carbonyl (C=O) groups excluding carboxylic acids is 2. The largest absolute Gasteiger partial charge is 0.493 e. The zero-order chi connectivity index (χ0) is 18.6. The minimum atomic E-state index is -0.383. The molecule has 0 N–H and O–H groups in total. The average Bonchev–Trinajstić information content (AvgIpc) is 2.60. The van der Waals surface area contributed by atoms with Gasteiger partial charge in [-0.15, -0.1) is 0 Å². The Morgan fingerprint density at radius 1 is 0.960 bits per heavy atom. The summed E-state index contributed by atoms with van der Waals surface area (Å²) in [4.78, 5) is 28.5. The van der Waals surface area contributed by atoms with Gasteiger partial charge in [-0.2, -0.15) is 0 Å². The van der Waals surface area contributed by atoms with E-state index < -0.39 is 0 Å². The summed E-state index contributed by atoms with van der Waals surface area (Å²) < 4.78 is 10.5. The first-order valence-corrected chi connectivity index (χ1v) is 8.54. The number of piperazine rings is 1. The molecule has 1 heterocycles. The molecule has 6 heteroatoms. The van der Waals surface area contributed by atoms with Crippen LogP contribution in [-0.4, -0.2) is 62.0 Å². The van der Waals surface area contributed by atoms with Crippen molar-refractivity contribution in [3.63, 3.8) is 0 Å². The SMILES string of the molecule is COc1ccc(CC(=O)N2CCN(C(=O)C(C)(C)C)CC2)cc1OC. The van der Waals surface area contributed by atoms with Gasteiger partial charge in [0, 0.05) is 31.6 Å². The van der Waals surface area contributed by atoms with Gasteiger partial charge in [0.2, 0.25) is 11.8 Å². The molecule has 1 aliphatic rings. The quantitative estimate of drug-likeness (QED) is 0.835. The molecule has 1 aromatic rings. The maximum Gasteiger partial charge on any atom is 0.228 e. The number of carbonyl (C=O) groups is 2. The van der Waals surface area contributed by atoms with Crippen LogP contribution in [0.5, 0.6) is 11.5 Å². The van der Waals surface area contributed by atoms with E-state index in [4.69, 9.17) is 9.47 Å². The highest BCUT2D eigenvalue weighted by Gasteiger charge is 2.30. The summed E-state index contributed by atoms with van der Waals surface area (Å²) >= 11 is 0. The van der Waals surface area contributed by atoms with E-state index in [-0.39, 0.29) is 17.2 Å². The van der Waals surface area contributed by atoms with Crippen molar-refractivity contribution in [3.8, 4) is 11.5 Å². The number of hydrogen-bond donors (Lipinski definition) is 0. The van der Waals surface area contributed by atoms with Crippen LogP contribution in [0.1, 0.15) is 26.3 Å². The molecule has 0 saturated carbocycles. The lowest BCUT2D eigenvalue weighted by Crippen LogP contribution is -2.53. The Labute approximate surface area is 149 Å². The Morgan fingerprint density at radius 2 is 1.52 bits per heavy atom. The minimum absolute atomic E-state index is 0.0649. The van der Waals surface area contributed by atoms with Crippen molar-refractivity contribution in [1.82, 2.24) is 9.80 Å². The second-order valence-electron chi connectivity index (χ2n) is 7.29. The minimum Gasteiger partial charge on any atom is -0.493 e. The van der Waals surface area contributed by atoms with E-state index >= 15 is 0 Å². The van der Waals surface area contributed by atoms with E-state index in [9.17, 15) is 9.59 Å². The highest BCUT2D eigenvalue weighted by Crippen LogP contribution is 2.28. The van der Waals surface area contributed by atoms with Gasteiger partial charge in [0.25, 0.3) is 0 Å². The van der Waals surface area contributed by atoms with Crippen molar-refractivity contribution in [2.75, 3.05) is 40.4 Å². The first-order chi connectivity index (χ1) is 11.8. The molecule has 1 aliphatic heterocycles. The number of nitrogens with zero attached hydrogens (tertiary/aromatic N) is 2. The summed E-state index contributed by atoms with van der Waals surface area (Å²) in [7, 11) is 3.16. The Kier molecular flexibility index (Phi) is 5.93. The Bertz CT molecular complexity index is 629. The monoisotopic (exact) mass is 348 g/mol. The molecule has 25 heavy (non-hydrogen) atoms. The third-order valence-electron chi connectivity index (χ3n) is 4.36. The van der Waals surface area contributed by atoms with Crippen LogP contribution in [0.4, 0.5) is 0 Å². The molecule has 2 rings (SSSR count). The van der Waals surface area contributed by atoms with Gasteiger partial charge < -0.3 is 19.3 Å². The van der Waals surface area contributed by atoms with Crippen molar-refractivity contribution in [2.24, 2.45) is 5.41 Å². The standard InChI is InChI=1S/C19H28N2O4/c1-19(2,3)18(23)21-10-8-20(9-11-21)17(22)13-14-6-7-15(24-4)16(12-14)25-5/h6-7,12H,8-11,13H2,1-5H3. The number of rotatable bonds is 4. The molecule has 0 aliphatic carbocycles. The Balaban J connectivity index is 1.94. The maximum atomic E-state index is 12.5. The fraction of sp³-hybridized carbons (Fsp3) is 0.579. The smallest absolute Gasteiger partial charge is 0.228 e. The van der Waals surface area contributed by atoms with Crippen molar-refractivity contribution in [2.45, 2.75) is 27.2 Å². The first kappa shape index (κ1) is 19.1. The predicted octanol–water partition coefficient (Wildman–Crippen LogP) is 1.96. The number of methoxy groups -OCH3 is 2. The maximum absolute atomic E-state index is 12.5. The fourth-order valence-electron chi connectivity index (χ4n) is 2.91. The molecular weight excluding hydrogens is 320 g/mol. The van der Waals surface area contributed by atoms with E-state index in [0.29, 0.717) is 44.1 Å².